The summed E-state index contributed by atoms with van der Waals surface area (Å²) in [5, 5.41) is 8.25. The maximum atomic E-state index is 12.1. The molecular formula is C15H23N3O3S. The first-order valence-electron chi connectivity index (χ1n) is 7.38. The van der Waals surface area contributed by atoms with Crippen LogP contribution in [-0.4, -0.2) is 39.4 Å². The Morgan fingerprint density at radius 3 is 2.45 bits per heavy atom. The summed E-state index contributed by atoms with van der Waals surface area (Å²) < 4.78 is 22.5. The minimum absolute atomic E-state index is 0.0173. The van der Waals surface area contributed by atoms with E-state index in [1.54, 1.807) is 24.1 Å². The topological polar surface area (TPSA) is 92.5 Å². The summed E-state index contributed by atoms with van der Waals surface area (Å²) in [6, 6.07) is 6.16. The molecule has 1 saturated carbocycles. The lowest BCUT2D eigenvalue weighted by atomic mass is 10.1. The zero-order chi connectivity index (χ0) is 16.3. The van der Waals surface area contributed by atoms with Crippen LogP contribution in [0, 0.1) is 5.92 Å². The zero-order valence-electron chi connectivity index (χ0n) is 13.0. The number of primary sulfonamides is 1. The fourth-order valence-electron chi connectivity index (χ4n) is 2.21. The zero-order valence-corrected chi connectivity index (χ0v) is 13.8. The van der Waals surface area contributed by atoms with Crippen LogP contribution in [0.15, 0.2) is 29.2 Å². The standard InChI is InChI=1S/C15H23N3O3S/c1-11(13-5-7-14(8-6-13)22(16,20)21)18(2)15(19)10-17-9-12-3-4-12/h5-8,11-12,17H,3-4,9-10H2,1-2H3,(H2,16,20,21). The fraction of sp³-hybridized carbons (Fsp3) is 0.533. The molecular weight excluding hydrogens is 302 g/mol. The first-order chi connectivity index (χ1) is 10.3. The van der Waals surface area contributed by atoms with E-state index in [2.05, 4.69) is 5.32 Å². The van der Waals surface area contributed by atoms with E-state index in [1.165, 1.54) is 25.0 Å². The summed E-state index contributed by atoms with van der Waals surface area (Å²) in [5.41, 5.74) is 0.866. The van der Waals surface area contributed by atoms with E-state index in [1.807, 2.05) is 6.92 Å². The monoisotopic (exact) mass is 325 g/mol. The van der Waals surface area contributed by atoms with Crippen LogP contribution in [0.2, 0.25) is 0 Å². The average Bonchev–Trinajstić information content (AvgIpc) is 3.29. The molecule has 2 rings (SSSR count). The molecule has 0 aliphatic heterocycles. The summed E-state index contributed by atoms with van der Waals surface area (Å²) >= 11 is 0. The van der Waals surface area contributed by atoms with Crippen molar-refractivity contribution >= 4 is 15.9 Å². The van der Waals surface area contributed by atoms with E-state index in [0.717, 1.165) is 18.0 Å². The number of nitrogens with zero attached hydrogens (tertiary/aromatic N) is 1. The molecule has 1 atom stereocenters. The van der Waals surface area contributed by atoms with Gasteiger partial charge in [-0.05, 0) is 49.9 Å². The van der Waals surface area contributed by atoms with Crippen molar-refractivity contribution < 1.29 is 13.2 Å². The number of likely N-dealkylation sites (N-methyl/N-ethyl adjacent to an activating group) is 1. The van der Waals surface area contributed by atoms with Crippen LogP contribution in [0.3, 0.4) is 0 Å². The molecule has 0 aromatic heterocycles. The lowest BCUT2D eigenvalue weighted by Gasteiger charge is -2.25. The van der Waals surface area contributed by atoms with Crippen molar-refractivity contribution in [3.05, 3.63) is 29.8 Å². The van der Waals surface area contributed by atoms with Gasteiger partial charge in [-0.3, -0.25) is 4.79 Å². The Morgan fingerprint density at radius 2 is 1.95 bits per heavy atom. The molecule has 1 unspecified atom stereocenters. The molecule has 1 aliphatic carbocycles. The minimum atomic E-state index is -3.69. The van der Waals surface area contributed by atoms with E-state index in [9.17, 15) is 13.2 Å². The van der Waals surface area contributed by atoms with Crippen LogP contribution >= 0.6 is 0 Å². The predicted molar refractivity (Wildman–Crippen MR) is 84.6 cm³/mol. The van der Waals surface area contributed by atoms with E-state index < -0.39 is 10.0 Å². The molecule has 0 spiro atoms. The number of sulfonamides is 1. The molecule has 3 N–H and O–H groups in total. The molecule has 0 saturated heterocycles. The number of hydrogen-bond acceptors (Lipinski definition) is 4. The van der Waals surface area contributed by atoms with Crippen molar-refractivity contribution in [2.75, 3.05) is 20.1 Å². The summed E-state index contributed by atoms with van der Waals surface area (Å²) in [6.07, 6.45) is 2.51. The van der Waals surface area contributed by atoms with Crippen molar-refractivity contribution in [2.24, 2.45) is 11.1 Å². The highest BCUT2D eigenvalue weighted by Crippen LogP contribution is 2.27. The average molecular weight is 325 g/mol. The van der Waals surface area contributed by atoms with Crippen LogP contribution in [0.1, 0.15) is 31.4 Å². The normalized spacial score (nSPS) is 16.3. The van der Waals surface area contributed by atoms with Gasteiger partial charge < -0.3 is 10.2 Å². The number of nitrogens with two attached hydrogens (primary N) is 1. The lowest BCUT2D eigenvalue weighted by molar-refractivity contribution is -0.130. The number of amides is 1. The highest BCUT2D eigenvalue weighted by atomic mass is 32.2. The first kappa shape index (κ1) is 16.9. The van der Waals surface area contributed by atoms with Crippen molar-refractivity contribution in [2.45, 2.75) is 30.7 Å². The van der Waals surface area contributed by atoms with Gasteiger partial charge in [-0.1, -0.05) is 12.1 Å². The summed E-state index contributed by atoms with van der Waals surface area (Å²) in [6.45, 7) is 3.13. The Labute approximate surface area is 131 Å². The highest BCUT2D eigenvalue weighted by molar-refractivity contribution is 7.89. The Morgan fingerprint density at radius 1 is 1.36 bits per heavy atom. The second-order valence-electron chi connectivity index (χ2n) is 5.87. The lowest BCUT2D eigenvalue weighted by Crippen LogP contribution is -2.37. The highest BCUT2D eigenvalue weighted by Gasteiger charge is 2.22. The molecule has 6 nitrogen and oxygen atoms in total. The van der Waals surface area contributed by atoms with E-state index in [0.29, 0.717) is 6.54 Å². The molecule has 1 fully saturated rings. The number of benzene rings is 1. The Bertz CT molecular complexity index is 624. The van der Waals surface area contributed by atoms with Gasteiger partial charge in [0.15, 0.2) is 0 Å². The van der Waals surface area contributed by atoms with Crippen LogP contribution in [0.25, 0.3) is 0 Å². The molecule has 1 amide bonds. The maximum Gasteiger partial charge on any atom is 0.238 e. The van der Waals surface area contributed by atoms with Crippen molar-refractivity contribution in [3.63, 3.8) is 0 Å². The van der Waals surface area contributed by atoms with E-state index >= 15 is 0 Å². The second kappa shape index (κ2) is 6.76. The van der Waals surface area contributed by atoms with Gasteiger partial charge in [0.2, 0.25) is 15.9 Å². The molecule has 22 heavy (non-hydrogen) atoms. The Hall–Kier alpha value is -1.44. The van der Waals surface area contributed by atoms with Gasteiger partial charge in [0, 0.05) is 7.05 Å². The number of carbonyl (C=O) groups excluding carboxylic acids is 1. The SMILES string of the molecule is CC(c1ccc(S(N)(=O)=O)cc1)N(C)C(=O)CNCC1CC1. The summed E-state index contributed by atoms with van der Waals surface area (Å²) in [5.74, 6) is 0.755. The van der Waals surface area contributed by atoms with Crippen molar-refractivity contribution in [1.82, 2.24) is 10.2 Å². The van der Waals surface area contributed by atoms with E-state index in [-0.39, 0.29) is 16.8 Å². The quantitative estimate of drug-likeness (QED) is 0.777. The van der Waals surface area contributed by atoms with Crippen LogP contribution in [-0.2, 0) is 14.8 Å². The number of hydrogen-bond donors (Lipinski definition) is 2. The number of nitrogens with one attached hydrogen (secondary N) is 1. The minimum Gasteiger partial charge on any atom is -0.338 e. The number of rotatable bonds is 7. The molecule has 1 aromatic rings. The Kier molecular flexibility index (Phi) is 5.20. The second-order valence-corrected chi connectivity index (χ2v) is 7.43. The third-order valence-electron chi connectivity index (χ3n) is 4.07. The Balaban J connectivity index is 1.93. The molecule has 7 heteroatoms. The predicted octanol–water partition coefficient (Wildman–Crippen LogP) is 0.853. The van der Waals surface area contributed by atoms with Gasteiger partial charge in [0.05, 0.1) is 17.5 Å². The van der Waals surface area contributed by atoms with Crippen LogP contribution in [0.4, 0.5) is 0 Å². The molecule has 122 valence electrons. The van der Waals surface area contributed by atoms with Crippen molar-refractivity contribution in [1.29, 1.82) is 0 Å². The van der Waals surface area contributed by atoms with Crippen LogP contribution in [0.5, 0.6) is 0 Å². The van der Waals surface area contributed by atoms with Gasteiger partial charge >= 0.3 is 0 Å². The molecule has 1 aromatic carbocycles. The van der Waals surface area contributed by atoms with Crippen molar-refractivity contribution in [3.8, 4) is 0 Å². The third kappa shape index (κ3) is 4.53. The third-order valence-corrected chi connectivity index (χ3v) is 5.00. The molecule has 0 heterocycles. The molecule has 1 aliphatic rings. The van der Waals surface area contributed by atoms with Gasteiger partial charge in [-0.25, -0.2) is 13.6 Å². The summed E-state index contributed by atoms with van der Waals surface area (Å²) in [7, 11) is -1.94. The van der Waals surface area contributed by atoms with Gasteiger partial charge in [-0.15, -0.1) is 0 Å². The summed E-state index contributed by atoms with van der Waals surface area (Å²) in [4.78, 5) is 13.9. The maximum absolute atomic E-state index is 12.1. The van der Waals surface area contributed by atoms with Crippen LogP contribution < -0.4 is 10.5 Å². The van der Waals surface area contributed by atoms with Gasteiger partial charge in [0.1, 0.15) is 0 Å². The van der Waals surface area contributed by atoms with Gasteiger partial charge in [0.25, 0.3) is 0 Å². The number of carbonyl (C=O) groups is 1. The smallest absolute Gasteiger partial charge is 0.238 e. The first-order valence-corrected chi connectivity index (χ1v) is 8.93. The van der Waals surface area contributed by atoms with E-state index in [4.69, 9.17) is 5.14 Å². The van der Waals surface area contributed by atoms with Gasteiger partial charge in [-0.2, -0.15) is 0 Å². The molecule has 0 bridgehead atoms. The molecule has 0 radical (unpaired) electrons. The fourth-order valence-corrected chi connectivity index (χ4v) is 2.72. The largest absolute Gasteiger partial charge is 0.338 e.